The summed E-state index contributed by atoms with van der Waals surface area (Å²) in [6, 6.07) is 4.80. The number of ether oxygens (including phenoxy) is 2. The SMILES string of the molecule is CCN(CCC(=O)OC)Cc1ccc(OC)cc1F. The summed E-state index contributed by atoms with van der Waals surface area (Å²) in [6.07, 6.45) is 0.308. The van der Waals surface area contributed by atoms with Crippen molar-refractivity contribution in [2.24, 2.45) is 0 Å². The molecule has 0 bridgehead atoms. The molecule has 0 aliphatic carbocycles. The summed E-state index contributed by atoms with van der Waals surface area (Å²) in [5.41, 5.74) is 0.590. The first-order chi connectivity index (χ1) is 9.10. The molecule has 0 aliphatic heterocycles. The predicted molar refractivity (Wildman–Crippen MR) is 70.5 cm³/mol. The summed E-state index contributed by atoms with van der Waals surface area (Å²) in [7, 11) is 2.87. The summed E-state index contributed by atoms with van der Waals surface area (Å²) < 4.78 is 23.4. The number of rotatable bonds is 7. The van der Waals surface area contributed by atoms with Gasteiger partial charge in [-0.15, -0.1) is 0 Å². The fraction of sp³-hybridized carbons (Fsp3) is 0.500. The molecule has 0 radical (unpaired) electrons. The van der Waals surface area contributed by atoms with Crippen molar-refractivity contribution in [3.8, 4) is 5.75 Å². The molecule has 0 spiro atoms. The van der Waals surface area contributed by atoms with Crippen molar-refractivity contribution in [3.63, 3.8) is 0 Å². The number of carbonyl (C=O) groups is 1. The van der Waals surface area contributed by atoms with E-state index >= 15 is 0 Å². The monoisotopic (exact) mass is 269 g/mol. The van der Waals surface area contributed by atoms with E-state index in [9.17, 15) is 9.18 Å². The number of halogens is 1. The van der Waals surface area contributed by atoms with Crippen LogP contribution in [0.5, 0.6) is 5.75 Å². The van der Waals surface area contributed by atoms with Gasteiger partial charge in [-0.05, 0) is 12.6 Å². The van der Waals surface area contributed by atoms with E-state index < -0.39 is 0 Å². The van der Waals surface area contributed by atoms with Gasteiger partial charge in [0.2, 0.25) is 0 Å². The molecular weight excluding hydrogens is 249 g/mol. The smallest absolute Gasteiger partial charge is 0.306 e. The molecule has 1 aromatic rings. The van der Waals surface area contributed by atoms with Crippen LogP contribution in [0.15, 0.2) is 18.2 Å². The van der Waals surface area contributed by atoms with Crippen molar-refractivity contribution in [1.82, 2.24) is 4.90 Å². The molecule has 0 saturated heterocycles. The maximum absolute atomic E-state index is 13.8. The summed E-state index contributed by atoms with van der Waals surface area (Å²) >= 11 is 0. The minimum absolute atomic E-state index is 0.256. The van der Waals surface area contributed by atoms with Crippen LogP contribution in [0.1, 0.15) is 18.9 Å². The van der Waals surface area contributed by atoms with Gasteiger partial charge in [0.25, 0.3) is 0 Å². The second-order valence-electron chi connectivity index (χ2n) is 4.15. The Bertz CT molecular complexity index is 423. The lowest BCUT2D eigenvalue weighted by molar-refractivity contribution is -0.141. The van der Waals surface area contributed by atoms with Crippen LogP contribution in [-0.4, -0.2) is 38.2 Å². The maximum Gasteiger partial charge on any atom is 0.306 e. The summed E-state index contributed by atoms with van der Waals surface area (Å²) in [5.74, 6) is -0.0524. The molecule has 1 aromatic carbocycles. The van der Waals surface area contributed by atoms with Gasteiger partial charge in [0, 0.05) is 24.7 Å². The highest BCUT2D eigenvalue weighted by molar-refractivity contribution is 5.69. The molecule has 0 N–H and O–H groups in total. The highest BCUT2D eigenvalue weighted by Crippen LogP contribution is 2.17. The lowest BCUT2D eigenvalue weighted by Crippen LogP contribution is -2.26. The van der Waals surface area contributed by atoms with Crippen molar-refractivity contribution in [3.05, 3.63) is 29.6 Å². The molecule has 0 fully saturated rings. The maximum atomic E-state index is 13.8. The molecule has 0 unspecified atom stereocenters. The van der Waals surface area contributed by atoms with Crippen LogP contribution in [0.2, 0.25) is 0 Å². The van der Waals surface area contributed by atoms with Gasteiger partial charge in [-0.3, -0.25) is 9.69 Å². The molecule has 0 aliphatic rings. The third-order valence-electron chi connectivity index (χ3n) is 2.96. The number of nitrogens with zero attached hydrogens (tertiary/aromatic N) is 1. The van der Waals surface area contributed by atoms with E-state index in [1.54, 1.807) is 12.1 Å². The molecule has 4 nitrogen and oxygen atoms in total. The third kappa shape index (κ3) is 4.87. The largest absolute Gasteiger partial charge is 0.497 e. The first-order valence-electron chi connectivity index (χ1n) is 6.22. The molecule has 1 rings (SSSR count). The van der Waals surface area contributed by atoms with Crippen molar-refractivity contribution in [1.29, 1.82) is 0 Å². The number of methoxy groups -OCH3 is 2. The highest BCUT2D eigenvalue weighted by atomic mass is 19.1. The Labute approximate surface area is 113 Å². The number of esters is 1. The lowest BCUT2D eigenvalue weighted by atomic mass is 10.2. The van der Waals surface area contributed by atoms with Crippen LogP contribution in [0.3, 0.4) is 0 Å². The Morgan fingerprint density at radius 2 is 2.11 bits per heavy atom. The zero-order chi connectivity index (χ0) is 14.3. The topological polar surface area (TPSA) is 38.8 Å². The van der Waals surface area contributed by atoms with Crippen molar-refractivity contribution < 1.29 is 18.7 Å². The number of benzene rings is 1. The van der Waals surface area contributed by atoms with E-state index in [-0.39, 0.29) is 11.8 Å². The Balaban J connectivity index is 2.62. The minimum Gasteiger partial charge on any atom is -0.497 e. The quantitative estimate of drug-likeness (QED) is 0.711. The summed E-state index contributed by atoms with van der Waals surface area (Å²) in [5, 5.41) is 0. The zero-order valence-electron chi connectivity index (χ0n) is 11.6. The van der Waals surface area contributed by atoms with Gasteiger partial charge in [-0.1, -0.05) is 13.0 Å². The standard InChI is InChI=1S/C14H20FNO3/c1-4-16(8-7-14(17)19-3)10-11-5-6-12(18-2)9-13(11)15/h5-6,9H,4,7-8,10H2,1-3H3. The van der Waals surface area contributed by atoms with Gasteiger partial charge in [0.05, 0.1) is 20.6 Å². The fourth-order valence-electron chi connectivity index (χ4n) is 1.72. The fourth-order valence-corrected chi connectivity index (χ4v) is 1.72. The number of carbonyl (C=O) groups excluding carboxylic acids is 1. The normalized spacial score (nSPS) is 10.6. The Morgan fingerprint density at radius 1 is 1.37 bits per heavy atom. The first-order valence-corrected chi connectivity index (χ1v) is 6.22. The van der Waals surface area contributed by atoms with Crippen LogP contribution in [-0.2, 0) is 16.1 Å². The van der Waals surface area contributed by atoms with Gasteiger partial charge >= 0.3 is 5.97 Å². The predicted octanol–water partition coefficient (Wildman–Crippen LogP) is 2.22. The molecule has 0 heterocycles. The third-order valence-corrected chi connectivity index (χ3v) is 2.96. The molecule has 0 saturated carbocycles. The van der Waals surface area contributed by atoms with Gasteiger partial charge < -0.3 is 9.47 Å². The average Bonchev–Trinajstić information content (AvgIpc) is 2.44. The molecular formula is C14H20FNO3. The Hall–Kier alpha value is -1.62. The van der Waals surface area contributed by atoms with E-state index in [1.807, 2.05) is 11.8 Å². The summed E-state index contributed by atoms with van der Waals surface area (Å²) in [6.45, 7) is 3.72. The van der Waals surface area contributed by atoms with Gasteiger partial charge in [-0.25, -0.2) is 4.39 Å². The average molecular weight is 269 g/mol. The molecule has 106 valence electrons. The Kier molecular flexibility index (Phi) is 6.29. The molecule has 5 heteroatoms. The van der Waals surface area contributed by atoms with Crippen LogP contribution >= 0.6 is 0 Å². The van der Waals surface area contributed by atoms with Crippen LogP contribution < -0.4 is 4.74 Å². The second kappa shape index (κ2) is 7.74. The van der Waals surface area contributed by atoms with Gasteiger partial charge in [-0.2, -0.15) is 0 Å². The minimum atomic E-state index is -0.295. The summed E-state index contributed by atoms with van der Waals surface area (Å²) in [4.78, 5) is 13.1. The van der Waals surface area contributed by atoms with Crippen molar-refractivity contribution >= 4 is 5.97 Å². The number of hydrogen-bond acceptors (Lipinski definition) is 4. The molecule has 0 aromatic heterocycles. The van der Waals surface area contributed by atoms with Crippen molar-refractivity contribution in [2.45, 2.75) is 19.9 Å². The highest BCUT2D eigenvalue weighted by Gasteiger charge is 2.11. The molecule has 0 amide bonds. The number of hydrogen-bond donors (Lipinski definition) is 0. The van der Waals surface area contributed by atoms with E-state index in [1.165, 1.54) is 20.3 Å². The first kappa shape index (κ1) is 15.4. The zero-order valence-corrected chi connectivity index (χ0v) is 11.6. The van der Waals surface area contributed by atoms with Gasteiger partial charge in [0.1, 0.15) is 11.6 Å². The van der Waals surface area contributed by atoms with Crippen LogP contribution in [0.25, 0.3) is 0 Å². The van der Waals surface area contributed by atoms with Gasteiger partial charge in [0.15, 0.2) is 0 Å². The van der Waals surface area contributed by atoms with E-state index in [2.05, 4.69) is 4.74 Å². The van der Waals surface area contributed by atoms with E-state index in [4.69, 9.17) is 4.74 Å². The van der Waals surface area contributed by atoms with E-state index in [0.29, 0.717) is 30.8 Å². The lowest BCUT2D eigenvalue weighted by Gasteiger charge is -2.20. The van der Waals surface area contributed by atoms with Crippen molar-refractivity contribution in [2.75, 3.05) is 27.3 Å². The molecule has 19 heavy (non-hydrogen) atoms. The second-order valence-corrected chi connectivity index (χ2v) is 4.15. The van der Waals surface area contributed by atoms with Crippen LogP contribution in [0, 0.1) is 5.82 Å². The molecule has 0 atom stereocenters. The Morgan fingerprint density at radius 3 is 2.63 bits per heavy atom. The van der Waals surface area contributed by atoms with E-state index in [0.717, 1.165) is 6.54 Å². The van der Waals surface area contributed by atoms with Crippen LogP contribution in [0.4, 0.5) is 4.39 Å².